The van der Waals surface area contributed by atoms with Gasteiger partial charge < -0.3 is 5.11 Å². The van der Waals surface area contributed by atoms with Crippen LogP contribution in [0.15, 0.2) is 10.5 Å². The minimum Gasteiger partial charge on any atom is -0.481 e. The van der Waals surface area contributed by atoms with Crippen molar-refractivity contribution in [2.75, 3.05) is 5.75 Å². The monoisotopic (exact) mass is 298 g/mol. The number of carboxylic acids is 1. The quantitative estimate of drug-likeness (QED) is 0.854. The van der Waals surface area contributed by atoms with Crippen molar-refractivity contribution in [3.05, 3.63) is 10.4 Å². The average molecular weight is 298 g/mol. The highest BCUT2D eigenvalue weighted by molar-refractivity contribution is 7.99. The van der Waals surface area contributed by atoms with E-state index in [0.717, 1.165) is 10.7 Å². The highest BCUT2D eigenvalue weighted by Gasteiger charge is 2.19. The van der Waals surface area contributed by atoms with E-state index in [4.69, 9.17) is 5.11 Å². The molecular formula is C11H14N4O2S2. The largest absolute Gasteiger partial charge is 0.481 e. The van der Waals surface area contributed by atoms with Crippen molar-refractivity contribution in [3.8, 4) is 11.5 Å². The summed E-state index contributed by atoms with van der Waals surface area (Å²) in [6.45, 7) is 5.96. The van der Waals surface area contributed by atoms with Gasteiger partial charge in [-0.05, 0) is 20.8 Å². The highest BCUT2D eigenvalue weighted by atomic mass is 32.2. The van der Waals surface area contributed by atoms with Crippen molar-refractivity contribution in [3.63, 3.8) is 0 Å². The zero-order chi connectivity index (χ0) is 14.0. The Balaban J connectivity index is 2.37. The number of hydrogen-bond acceptors (Lipinski definition) is 6. The van der Waals surface area contributed by atoms with Crippen molar-refractivity contribution in [1.82, 2.24) is 19.7 Å². The molecule has 0 radical (unpaired) electrons. The van der Waals surface area contributed by atoms with Gasteiger partial charge >= 0.3 is 5.97 Å². The zero-order valence-corrected chi connectivity index (χ0v) is 12.5. The van der Waals surface area contributed by atoms with E-state index in [2.05, 4.69) is 15.2 Å². The van der Waals surface area contributed by atoms with Crippen LogP contribution in [0.1, 0.15) is 24.9 Å². The second-order valence-corrected chi connectivity index (χ2v) is 6.21. The number of thiazole rings is 1. The predicted molar refractivity (Wildman–Crippen MR) is 74.6 cm³/mol. The van der Waals surface area contributed by atoms with Crippen molar-refractivity contribution < 1.29 is 9.90 Å². The lowest BCUT2D eigenvalue weighted by Gasteiger charge is -2.12. The lowest BCUT2D eigenvalue weighted by molar-refractivity contribution is -0.133. The number of aliphatic carboxylic acids is 1. The number of nitrogens with zero attached hydrogens (tertiary/aromatic N) is 4. The van der Waals surface area contributed by atoms with Gasteiger partial charge in [0.15, 0.2) is 11.0 Å². The fraction of sp³-hybridized carbons (Fsp3) is 0.455. The van der Waals surface area contributed by atoms with Gasteiger partial charge in [0.1, 0.15) is 5.69 Å². The first-order chi connectivity index (χ1) is 8.99. The van der Waals surface area contributed by atoms with Gasteiger partial charge in [-0.1, -0.05) is 11.8 Å². The fourth-order valence-electron chi connectivity index (χ4n) is 1.61. The Hall–Kier alpha value is -1.41. The molecule has 2 heterocycles. The molecule has 2 rings (SSSR count). The van der Waals surface area contributed by atoms with Crippen molar-refractivity contribution >= 4 is 29.1 Å². The van der Waals surface area contributed by atoms with Crippen LogP contribution in [-0.2, 0) is 4.79 Å². The highest BCUT2D eigenvalue weighted by Crippen LogP contribution is 2.28. The fourth-order valence-corrected chi connectivity index (χ4v) is 2.99. The van der Waals surface area contributed by atoms with E-state index in [9.17, 15) is 4.79 Å². The molecule has 0 spiro atoms. The topological polar surface area (TPSA) is 80.9 Å². The van der Waals surface area contributed by atoms with Crippen LogP contribution in [0, 0.1) is 6.92 Å². The summed E-state index contributed by atoms with van der Waals surface area (Å²) < 4.78 is 1.92. The van der Waals surface area contributed by atoms with Crippen LogP contribution in [0.2, 0.25) is 0 Å². The van der Waals surface area contributed by atoms with Crippen LogP contribution in [0.5, 0.6) is 0 Å². The van der Waals surface area contributed by atoms with Crippen LogP contribution in [0.25, 0.3) is 11.5 Å². The molecule has 0 saturated heterocycles. The molecule has 8 heteroatoms. The Bertz CT molecular complexity index is 591. The lowest BCUT2D eigenvalue weighted by Crippen LogP contribution is -2.07. The number of carbonyl (C=O) groups is 1. The van der Waals surface area contributed by atoms with Gasteiger partial charge in [-0.15, -0.1) is 21.5 Å². The van der Waals surface area contributed by atoms with Crippen LogP contribution in [0.3, 0.4) is 0 Å². The van der Waals surface area contributed by atoms with E-state index < -0.39 is 5.97 Å². The van der Waals surface area contributed by atoms with Gasteiger partial charge in [0.05, 0.1) is 10.8 Å². The number of aryl methyl sites for hydroxylation is 1. The maximum atomic E-state index is 10.6. The Labute approximate surface area is 118 Å². The number of thioether (sulfide) groups is 1. The summed E-state index contributed by atoms with van der Waals surface area (Å²) in [5.74, 6) is -0.206. The molecule has 0 aliphatic rings. The number of carboxylic acid groups (broad SMARTS) is 1. The molecular weight excluding hydrogens is 284 g/mol. The van der Waals surface area contributed by atoms with Gasteiger partial charge in [-0.3, -0.25) is 9.36 Å². The normalized spacial score (nSPS) is 11.2. The summed E-state index contributed by atoms with van der Waals surface area (Å²) in [7, 11) is 0. The number of rotatable bonds is 5. The third-order valence-electron chi connectivity index (χ3n) is 2.35. The third-order valence-corrected chi connectivity index (χ3v) is 4.06. The summed E-state index contributed by atoms with van der Waals surface area (Å²) in [5, 5.41) is 20.5. The minimum atomic E-state index is -0.866. The van der Waals surface area contributed by atoms with Crippen molar-refractivity contribution in [2.24, 2.45) is 0 Å². The first kappa shape index (κ1) is 14.0. The molecule has 2 aromatic heterocycles. The predicted octanol–water partition coefficient (Wildman–Crippen LogP) is 2.47. The summed E-state index contributed by atoms with van der Waals surface area (Å²) >= 11 is 2.73. The maximum absolute atomic E-state index is 10.6. The number of aromatic nitrogens is 4. The molecule has 0 amide bonds. The first-order valence-electron chi connectivity index (χ1n) is 5.71. The molecule has 0 saturated carbocycles. The van der Waals surface area contributed by atoms with Gasteiger partial charge in [0.2, 0.25) is 0 Å². The SMILES string of the molecule is Cc1nc(-c2nnc(SCC(=O)O)n2C(C)C)cs1. The summed E-state index contributed by atoms with van der Waals surface area (Å²) in [6, 6.07) is 0.142. The van der Waals surface area contributed by atoms with Gasteiger partial charge in [-0.2, -0.15) is 0 Å². The van der Waals surface area contributed by atoms with Crippen LogP contribution >= 0.6 is 23.1 Å². The Morgan fingerprint density at radius 2 is 2.26 bits per heavy atom. The molecule has 0 aliphatic carbocycles. The van der Waals surface area contributed by atoms with Crippen LogP contribution in [0.4, 0.5) is 0 Å². The second kappa shape index (κ2) is 5.70. The standard InChI is InChI=1S/C11H14N4O2S2/c1-6(2)15-10(8-4-18-7(3)12-8)13-14-11(15)19-5-9(16)17/h4,6H,5H2,1-3H3,(H,16,17). The van der Waals surface area contributed by atoms with Crippen LogP contribution < -0.4 is 0 Å². The molecule has 0 atom stereocenters. The summed E-state index contributed by atoms with van der Waals surface area (Å²) in [6.07, 6.45) is 0. The summed E-state index contributed by atoms with van der Waals surface area (Å²) in [4.78, 5) is 15.0. The smallest absolute Gasteiger partial charge is 0.313 e. The van der Waals surface area contributed by atoms with E-state index in [1.807, 2.05) is 30.7 Å². The van der Waals surface area contributed by atoms with Gasteiger partial charge in [-0.25, -0.2) is 4.98 Å². The Morgan fingerprint density at radius 3 is 2.79 bits per heavy atom. The first-order valence-corrected chi connectivity index (χ1v) is 7.57. The average Bonchev–Trinajstić information content (AvgIpc) is 2.91. The minimum absolute atomic E-state index is 0.0268. The van der Waals surface area contributed by atoms with E-state index in [-0.39, 0.29) is 11.8 Å². The molecule has 0 bridgehead atoms. The lowest BCUT2D eigenvalue weighted by atomic mass is 10.3. The molecule has 6 nitrogen and oxygen atoms in total. The molecule has 2 aromatic rings. The molecule has 0 fully saturated rings. The molecule has 0 aliphatic heterocycles. The Kier molecular flexibility index (Phi) is 4.20. The molecule has 0 aromatic carbocycles. The maximum Gasteiger partial charge on any atom is 0.313 e. The molecule has 1 N–H and O–H groups in total. The van der Waals surface area contributed by atoms with Crippen molar-refractivity contribution in [2.45, 2.75) is 32.0 Å². The second-order valence-electron chi connectivity index (χ2n) is 4.20. The van der Waals surface area contributed by atoms with E-state index >= 15 is 0 Å². The third kappa shape index (κ3) is 3.13. The van der Waals surface area contributed by atoms with Gasteiger partial charge in [0, 0.05) is 11.4 Å². The van der Waals surface area contributed by atoms with E-state index in [1.54, 1.807) is 11.3 Å². The molecule has 0 unspecified atom stereocenters. The van der Waals surface area contributed by atoms with Crippen molar-refractivity contribution in [1.29, 1.82) is 0 Å². The molecule has 102 valence electrons. The van der Waals surface area contributed by atoms with E-state index in [1.165, 1.54) is 11.8 Å². The Morgan fingerprint density at radius 1 is 1.53 bits per heavy atom. The molecule has 19 heavy (non-hydrogen) atoms. The van der Waals surface area contributed by atoms with E-state index in [0.29, 0.717) is 11.0 Å². The summed E-state index contributed by atoms with van der Waals surface area (Å²) in [5.41, 5.74) is 0.783. The van der Waals surface area contributed by atoms with Gasteiger partial charge in [0.25, 0.3) is 0 Å². The van der Waals surface area contributed by atoms with Crippen LogP contribution in [-0.4, -0.2) is 36.6 Å². The number of hydrogen-bond donors (Lipinski definition) is 1. The zero-order valence-electron chi connectivity index (χ0n) is 10.8.